The molecule has 1 aliphatic rings. The molecule has 0 bridgehead atoms. The predicted molar refractivity (Wildman–Crippen MR) is 135 cm³/mol. The number of hydrogen-bond donors (Lipinski definition) is 0. The molecule has 5 heteroatoms. The summed E-state index contributed by atoms with van der Waals surface area (Å²) in [6.45, 7) is 3.81. The molecule has 0 aromatic heterocycles. The van der Waals surface area contributed by atoms with Crippen LogP contribution in [0.5, 0.6) is 5.75 Å². The second-order valence-electron chi connectivity index (χ2n) is 8.92. The van der Waals surface area contributed by atoms with Gasteiger partial charge in [0.15, 0.2) is 0 Å². The van der Waals surface area contributed by atoms with E-state index in [1.165, 1.54) is 31.4 Å². The SMILES string of the molecule is B=COc1ccc(-c2ccc(-c3ccc(C4CCC(CCC=C)CC4)cc3F)cc2)c(F)c1F. The molecule has 0 amide bonds. The van der Waals surface area contributed by atoms with Crippen LogP contribution >= 0.6 is 0 Å². The van der Waals surface area contributed by atoms with Crippen molar-refractivity contribution in [3.8, 4) is 28.0 Å². The molecule has 1 nitrogen and oxygen atoms in total. The first-order valence-corrected chi connectivity index (χ1v) is 11.8. The summed E-state index contributed by atoms with van der Waals surface area (Å²) in [4.78, 5) is 0. The second-order valence-corrected chi connectivity index (χ2v) is 8.92. The van der Waals surface area contributed by atoms with E-state index in [1.54, 1.807) is 30.3 Å². The van der Waals surface area contributed by atoms with Gasteiger partial charge in [-0.25, -0.2) is 4.39 Å². The van der Waals surface area contributed by atoms with Crippen LogP contribution in [-0.4, -0.2) is 13.6 Å². The van der Waals surface area contributed by atoms with Gasteiger partial charge in [-0.3, -0.25) is 0 Å². The third-order valence-corrected chi connectivity index (χ3v) is 6.85. The van der Waals surface area contributed by atoms with Gasteiger partial charge in [0.2, 0.25) is 0 Å². The summed E-state index contributed by atoms with van der Waals surface area (Å²) < 4.78 is 48.6. The first kappa shape index (κ1) is 24.1. The summed E-state index contributed by atoms with van der Waals surface area (Å²) in [7, 11) is 3.35. The first-order chi connectivity index (χ1) is 16.5. The van der Waals surface area contributed by atoms with Gasteiger partial charge < -0.3 is 0 Å². The molecule has 1 saturated carbocycles. The summed E-state index contributed by atoms with van der Waals surface area (Å²) in [5.74, 6) is -1.40. The summed E-state index contributed by atoms with van der Waals surface area (Å²) >= 11 is 0. The first-order valence-electron chi connectivity index (χ1n) is 11.8. The molecule has 0 saturated heterocycles. The van der Waals surface area contributed by atoms with E-state index in [1.807, 2.05) is 18.2 Å². The molecule has 0 atom stereocenters. The topological polar surface area (TPSA) is 9.23 Å². The molecule has 0 heterocycles. The minimum atomic E-state index is -1.07. The van der Waals surface area contributed by atoms with Gasteiger partial charge in [0.05, 0.1) is 0 Å². The Labute approximate surface area is 200 Å². The predicted octanol–water partition coefficient (Wildman–Crippen LogP) is 7.72. The van der Waals surface area contributed by atoms with E-state index in [4.69, 9.17) is 4.74 Å². The Morgan fingerprint density at radius 2 is 1.50 bits per heavy atom. The molecule has 1 fully saturated rings. The van der Waals surface area contributed by atoms with Crippen LogP contribution in [0.15, 0.2) is 67.3 Å². The Balaban J connectivity index is 1.49. The van der Waals surface area contributed by atoms with E-state index in [-0.39, 0.29) is 17.1 Å². The van der Waals surface area contributed by atoms with Crippen LogP contribution < -0.4 is 4.74 Å². The molecule has 1 aliphatic carbocycles. The van der Waals surface area contributed by atoms with Gasteiger partial charge in [-0.2, -0.15) is 0 Å². The summed E-state index contributed by atoms with van der Waals surface area (Å²) in [5.41, 5.74) is 2.85. The molecular weight excluding hydrogens is 432 g/mol. The fourth-order valence-electron chi connectivity index (χ4n) is 4.92. The third-order valence-electron chi connectivity index (χ3n) is 6.85. The van der Waals surface area contributed by atoms with Gasteiger partial charge in [-0.15, -0.1) is 6.58 Å². The zero-order valence-corrected chi connectivity index (χ0v) is 19.2. The van der Waals surface area contributed by atoms with Crippen molar-refractivity contribution >= 4 is 13.6 Å². The standard InChI is InChI=1S/C29H28BF3O/c1-2-3-4-19-5-7-20(8-6-19)23-13-14-24(26(31)17-23)21-9-11-22(12-10-21)25-15-16-27(34-18-30)29(33)28(25)32/h2,9-20,30H,1,3-8H2. The average molecular weight is 460 g/mol. The van der Waals surface area contributed by atoms with Crippen LogP contribution in [0.25, 0.3) is 22.3 Å². The van der Waals surface area contributed by atoms with Gasteiger partial charge in [0, 0.05) is 0 Å². The Bertz CT molecular complexity index is 1160. The third kappa shape index (κ3) is 5.19. The number of rotatable bonds is 8. The molecule has 0 N–H and O–H groups in total. The summed E-state index contributed by atoms with van der Waals surface area (Å²) in [6, 6.07) is 15.1. The Hall–Kier alpha value is -3.08. The molecule has 0 radical (unpaired) electrons. The second kappa shape index (κ2) is 10.9. The van der Waals surface area contributed by atoms with Crippen molar-refractivity contribution in [2.24, 2.45) is 5.92 Å². The van der Waals surface area contributed by atoms with E-state index in [9.17, 15) is 8.78 Å². The molecule has 0 aliphatic heterocycles. The number of ether oxygens (including phenoxy) is 1. The van der Waals surface area contributed by atoms with Gasteiger partial charge in [0.1, 0.15) is 0 Å². The Morgan fingerprint density at radius 1 is 0.853 bits per heavy atom. The van der Waals surface area contributed by atoms with Gasteiger partial charge >= 0.3 is 115 Å². The van der Waals surface area contributed by atoms with E-state index >= 15 is 4.39 Å². The van der Waals surface area contributed by atoms with E-state index in [2.05, 4.69) is 14.1 Å². The van der Waals surface area contributed by atoms with E-state index in [0.29, 0.717) is 22.6 Å². The minimum absolute atomic E-state index is 0.111. The van der Waals surface area contributed by atoms with E-state index in [0.717, 1.165) is 36.9 Å². The number of allylic oxidation sites excluding steroid dienone is 1. The molecule has 3 aromatic rings. The molecule has 0 spiro atoms. The van der Waals surface area contributed by atoms with Gasteiger partial charge in [0.25, 0.3) is 0 Å². The molecule has 174 valence electrons. The number of benzene rings is 3. The van der Waals surface area contributed by atoms with Gasteiger partial charge in [-0.05, 0) is 62.0 Å². The summed E-state index contributed by atoms with van der Waals surface area (Å²) in [6.07, 6.45) is 9.83. The van der Waals surface area contributed by atoms with Crippen LogP contribution in [0, 0.1) is 23.4 Å². The summed E-state index contributed by atoms with van der Waals surface area (Å²) in [5, 5.41) is 0. The Kier molecular flexibility index (Phi) is 7.71. The van der Waals surface area contributed by atoms with Crippen LogP contribution in [0.4, 0.5) is 13.2 Å². The fraction of sp³-hybridized carbons (Fsp3) is 0.276. The van der Waals surface area contributed by atoms with E-state index < -0.39 is 11.6 Å². The van der Waals surface area contributed by atoms with Crippen LogP contribution in [0.2, 0.25) is 0 Å². The monoisotopic (exact) mass is 460 g/mol. The zero-order valence-electron chi connectivity index (χ0n) is 19.2. The molecule has 0 unspecified atom stereocenters. The quantitative estimate of drug-likeness (QED) is 0.247. The average Bonchev–Trinajstić information content (AvgIpc) is 2.86. The van der Waals surface area contributed by atoms with Crippen molar-refractivity contribution in [3.05, 3.63) is 90.3 Å². The van der Waals surface area contributed by atoms with Crippen molar-refractivity contribution in [1.29, 1.82) is 0 Å². The van der Waals surface area contributed by atoms with Crippen LogP contribution in [0.1, 0.15) is 50.0 Å². The van der Waals surface area contributed by atoms with Crippen molar-refractivity contribution < 1.29 is 17.9 Å². The molecule has 3 aromatic carbocycles. The number of hydrogen-bond acceptors (Lipinski definition) is 1. The fourth-order valence-corrected chi connectivity index (χ4v) is 4.92. The Morgan fingerprint density at radius 3 is 2.12 bits per heavy atom. The van der Waals surface area contributed by atoms with Crippen molar-refractivity contribution in [1.82, 2.24) is 0 Å². The molecule has 4 rings (SSSR count). The zero-order chi connectivity index (χ0) is 24.1. The maximum absolute atomic E-state index is 15.0. The normalized spacial score (nSPS) is 17.8. The van der Waals surface area contributed by atoms with Crippen LogP contribution in [0.3, 0.4) is 0 Å². The van der Waals surface area contributed by atoms with Crippen molar-refractivity contribution in [2.45, 2.75) is 44.4 Å². The number of halogens is 3. The molecular formula is C29H28BF3O. The molecule has 34 heavy (non-hydrogen) atoms. The maximum atomic E-state index is 15.0. The van der Waals surface area contributed by atoms with Crippen molar-refractivity contribution in [3.63, 3.8) is 0 Å². The van der Waals surface area contributed by atoms with Gasteiger partial charge in [-0.1, -0.05) is 12.1 Å². The van der Waals surface area contributed by atoms with Crippen LogP contribution in [-0.2, 0) is 0 Å². The van der Waals surface area contributed by atoms with Crippen molar-refractivity contribution in [2.75, 3.05) is 0 Å².